The van der Waals surface area contributed by atoms with Crippen LogP contribution >= 0.6 is 0 Å². The van der Waals surface area contributed by atoms with Crippen molar-refractivity contribution in [3.05, 3.63) is 102 Å². The number of nitrogens with one attached hydrogen (secondary N) is 1. The second-order valence-electron chi connectivity index (χ2n) is 6.75. The molecule has 5 nitrogen and oxygen atoms in total. The van der Waals surface area contributed by atoms with Crippen molar-refractivity contribution in [1.82, 2.24) is 9.99 Å². The van der Waals surface area contributed by atoms with Gasteiger partial charge in [0.25, 0.3) is 5.91 Å². The molecule has 0 aliphatic heterocycles. The van der Waals surface area contributed by atoms with Gasteiger partial charge in [0, 0.05) is 29.2 Å². The van der Waals surface area contributed by atoms with Gasteiger partial charge in [-0.2, -0.15) is 5.10 Å². The molecule has 0 radical (unpaired) electrons. The lowest BCUT2D eigenvalue weighted by Crippen LogP contribution is -2.24. The molecule has 1 amide bonds. The molecule has 150 valence electrons. The maximum absolute atomic E-state index is 13.2. The highest BCUT2D eigenvalue weighted by Crippen LogP contribution is 2.21. The lowest BCUT2D eigenvalue weighted by atomic mass is 10.2. The summed E-state index contributed by atoms with van der Waals surface area (Å²) in [5.74, 6) is 0.0292. The Morgan fingerprint density at radius 3 is 2.53 bits per heavy atom. The number of carbonyl (C=O) groups is 1. The van der Waals surface area contributed by atoms with Crippen LogP contribution in [0, 0.1) is 5.82 Å². The largest absolute Gasteiger partial charge is 0.484 e. The smallest absolute Gasteiger partial charge is 0.277 e. The molecular weight excluding hydrogens is 381 g/mol. The maximum Gasteiger partial charge on any atom is 0.277 e. The molecule has 0 saturated carbocycles. The summed E-state index contributed by atoms with van der Waals surface area (Å²) >= 11 is 0. The van der Waals surface area contributed by atoms with Gasteiger partial charge in [-0.3, -0.25) is 4.79 Å². The number of fused-ring (bicyclic) bond motifs is 1. The van der Waals surface area contributed by atoms with Crippen LogP contribution in [-0.4, -0.2) is 23.3 Å². The van der Waals surface area contributed by atoms with E-state index in [0.29, 0.717) is 12.3 Å². The van der Waals surface area contributed by atoms with Crippen LogP contribution in [0.4, 0.5) is 4.39 Å². The van der Waals surface area contributed by atoms with Crippen LogP contribution in [0.5, 0.6) is 5.75 Å². The first-order valence-corrected chi connectivity index (χ1v) is 9.51. The molecule has 0 spiro atoms. The molecule has 4 aromatic rings. The van der Waals surface area contributed by atoms with E-state index in [-0.39, 0.29) is 18.3 Å². The highest BCUT2D eigenvalue weighted by Gasteiger charge is 2.08. The molecule has 0 unspecified atom stereocenters. The van der Waals surface area contributed by atoms with Crippen molar-refractivity contribution >= 4 is 23.0 Å². The first kappa shape index (κ1) is 19.4. The van der Waals surface area contributed by atoms with Crippen molar-refractivity contribution in [2.45, 2.75) is 6.54 Å². The molecule has 0 aliphatic carbocycles. The van der Waals surface area contributed by atoms with Gasteiger partial charge >= 0.3 is 0 Å². The predicted molar refractivity (Wildman–Crippen MR) is 115 cm³/mol. The van der Waals surface area contributed by atoms with E-state index in [1.807, 2.05) is 48.7 Å². The molecule has 6 heteroatoms. The number of amides is 1. The molecule has 0 atom stereocenters. The van der Waals surface area contributed by atoms with Gasteiger partial charge in [0.1, 0.15) is 11.6 Å². The summed E-state index contributed by atoms with van der Waals surface area (Å²) in [5, 5.41) is 5.08. The number of ether oxygens (including phenoxy) is 1. The standard InChI is InChI=1S/C24H20FN3O2/c25-20-12-10-18(11-13-20)15-28-16-19(22-8-4-5-9-23(22)28)14-26-27-24(29)17-30-21-6-2-1-3-7-21/h1-14,16H,15,17H2,(H,27,29)/b26-14-. The van der Waals surface area contributed by atoms with Gasteiger partial charge in [-0.1, -0.05) is 48.5 Å². The van der Waals surface area contributed by atoms with Crippen molar-refractivity contribution in [3.63, 3.8) is 0 Å². The van der Waals surface area contributed by atoms with E-state index in [0.717, 1.165) is 22.0 Å². The summed E-state index contributed by atoms with van der Waals surface area (Å²) in [5.41, 5.74) is 5.38. The van der Waals surface area contributed by atoms with Gasteiger partial charge in [-0.25, -0.2) is 9.82 Å². The fourth-order valence-corrected chi connectivity index (χ4v) is 3.17. The van der Waals surface area contributed by atoms with Crippen LogP contribution in [0.2, 0.25) is 0 Å². The second kappa shape index (κ2) is 9.05. The molecule has 0 aliphatic rings. The van der Waals surface area contributed by atoms with Gasteiger partial charge in [0.2, 0.25) is 0 Å². The molecule has 1 aromatic heterocycles. The molecule has 30 heavy (non-hydrogen) atoms. The van der Waals surface area contributed by atoms with Crippen LogP contribution in [0.15, 0.2) is 90.2 Å². The minimum absolute atomic E-state index is 0.117. The van der Waals surface area contributed by atoms with Crippen LogP contribution in [-0.2, 0) is 11.3 Å². The van der Waals surface area contributed by atoms with Crippen LogP contribution < -0.4 is 10.2 Å². The van der Waals surface area contributed by atoms with Crippen LogP contribution in [0.25, 0.3) is 10.9 Å². The molecule has 0 bridgehead atoms. The Balaban J connectivity index is 1.44. The number of hydrazone groups is 1. The summed E-state index contributed by atoms with van der Waals surface area (Å²) in [6.45, 7) is 0.486. The predicted octanol–water partition coefficient (Wildman–Crippen LogP) is 4.36. The number of para-hydroxylation sites is 2. The summed E-state index contributed by atoms with van der Waals surface area (Å²) in [6, 6.07) is 23.5. The van der Waals surface area contributed by atoms with Gasteiger partial charge in [0.05, 0.1) is 6.21 Å². The number of carbonyl (C=O) groups excluding carboxylic acids is 1. The number of halogens is 1. The minimum Gasteiger partial charge on any atom is -0.484 e. The van der Waals surface area contributed by atoms with Crippen LogP contribution in [0.3, 0.4) is 0 Å². The van der Waals surface area contributed by atoms with Crippen molar-refractivity contribution in [1.29, 1.82) is 0 Å². The van der Waals surface area contributed by atoms with Gasteiger partial charge < -0.3 is 9.30 Å². The van der Waals surface area contributed by atoms with Gasteiger partial charge in [0.15, 0.2) is 6.61 Å². The number of nitrogens with zero attached hydrogens (tertiary/aromatic N) is 2. The molecule has 0 fully saturated rings. The summed E-state index contributed by atoms with van der Waals surface area (Å²) in [4.78, 5) is 12.0. The molecule has 4 rings (SSSR count). The molecule has 3 aromatic carbocycles. The topological polar surface area (TPSA) is 55.6 Å². The number of hydrogen-bond acceptors (Lipinski definition) is 3. The lowest BCUT2D eigenvalue weighted by molar-refractivity contribution is -0.123. The van der Waals surface area contributed by atoms with Crippen molar-refractivity contribution in [2.75, 3.05) is 6.61 Å². The average molecular weight is 401 g/mol. The van der Waals surface area contributed by atoms with Gasteiger partial charge in [-0.15, -0.1) is 0 Å². The zero-order valence-corrected chi connectivity index (χ0v) is 16.2. The number of rotatable bonds is 7. The second-order valence-corrected chi connectivity index (χ2v) is 6.75. The zero-order valence-electron chi connectivity index (χ0n) is 16.2. The molecular formula is C24H20FN3O2. The highest BCUT2D eigenvalue weighted by atomic mass is 19.1. The Kier molecular flexibility index (Phi) is 5.85. The van der Waals surface area contributed by atoms with Gasteiger partial charge in [-0.05, 0) is 35.9 Å². The Hall–Kier alpha value is -3.93. The number of benzene rings is 3. The summed E-state index contributed by atoms with van der Waals surface area (Å²) < 4.78 is 20.6. The van der Waals surface area contributed by atoms with E-state index < -0.39 is 0 Å². The zero-order chi connectivity index (χ0) is 20.8. The molecule has 1 heterocycles. The quantitative estimate of drug-likeness (QED) is 0.370. The summed E-state index contributed by atoms with van der Waals surface area (Å²) in [7, 11) is 0. The highest BCUT2D eigenvalue weighted by molar-refractivity contribution is 5.99. The number of hydrogen-bond donors (Lipinski definition) is 1. The van der Waals surface area contributed by atoms with E-state index in [4.69, 9.17) is 4.74 Å². The van der Waals surface area contributed by atoms with Crippen molar-refractivity contribution in [3.8, 4) is 5.75 Å². The average Bonchev–Trinajstić information content (AvgIpc) is 3.12. The fraction of sp³-hybridized carbons (Fsp3) is 0.0833. The minimum atomic E-state index is -0.342. The lowest BCUT2D eigenvalue weighted by Gasteiger charge is -2.05. The third-order valence-electron chi connectivity index (χ3n) is 4.59. The maximum atomic E-state index is 13.2. The van der Waals surface area contributed by atoms with E-state index in [1.165, 1.54) is 12.1 Å². The Morgan fingerprint density at radius 1 is 1.00 bits per heavy atom. The first-order valence-electron chi connectivity index (χ1n) is 9.51. The third-order valence-corrected chi connectivity index (χ3v) is 4.59. The number of aromatic nitrogens is 1. The van der Waals surface area contributed by atoms with E-state index in [1.54, 1.807) is 30.5 Å². The van der Waals surface area contributed by atoms with E-state index >= 15 is 0 Å². The van der Waals surface area contributed by atoms with Crippen LogP contribution in [0.1, 0.15) is 11.1 Å². The van der Waals surface area contributed by atoms with Crippen molar-refractivity contribution < 1.29 is 13.9 Å². The van der Waals surface area contributed by atoms with Crippen molar-refractivity contribution in [2.24, 2.45) is 5.10 Å². The fourth-order valence-electron chi connectivity index (χ4n) is 3.17. The van der Waals surface area contributed by atoms with E-state index in [2.05, 4.69) is 15.1 Å². The molecule has 0 saturated heterocycles. The third kappa shape index (κ3) is 4.72. The van der Waals surface area contributed by atoms with E-state index in [9.17, 15) is 9.18 Å². The Labute approximate surface area is 173 Å². The Morgan fingerprint density at radius 2 is 1.73 bits per heavy atom. The first-order chi connectivity index (χ1) is 14.7. The Bertz CT molecular complexity index is 1170. The monoisotopic (exact) mass is 401 g/mol. The SMILES string of the molecule is O=C(COc1ccccc1)N/N=C\c1cn(Cc2ccc(F)cc2)c2ccccc12. The normalized spacial score (nSPS) is 11.1. The summed E-state index contributed by atoms with van der Waals surface area (Å²) in [6.07, 6.45) is 3.58. The molecule has 1 N–H and O–H groups in total.